The highest BCUT2D eigenvalue weighted by atomic mass is 16.6. The summed E-state index contributed by atoms with van der Waals surface area (Å²) in [5, 5.41) is 10.3. The van der Waals surface area contributed by atoms with Crippen LogP contribution in [0.25, 0.3) is 0 Å². The van der Waals surface area contributed by atoms with Gasteiger partial charge < -0.3 is 24.4 Å². The first kappa shape index (κ1) is 26.9. The number of esters is 1. The zero-order chi connectivity index (χ0) is 26.0. The van der Waals surface area contributed by atoms with E-state index in [0.717, 1.165) is 32.1 Å². The Kier molecular flexibility index (Phi) is 8.25. The molecule has 8 nitrogen and oxygen atoms in total. The van der Waals surface area contributed by atoms with Crippen LogP contribution in [0.3, 0.4) is 0 Å². The summed E-state index contributed by atoms with van der Waals surface area (Å²) in [5.41, 5.74) is -1.09. The second-order valence-corrected chi connectivity index (χ2v) is 11.1. The van der Waals surface area contributed by atoms with Crippen molar-refractivity contribution in [3.8, 4) is 0 Å². The highest BCUT2D eigenvalue weighted by molar-refractivity contribution is 5.98. The van der Waals surface area contributed by atoms with Crippen LogP contribution in [-0.2, 0) is 23.9 Å². The van der Waals surface area contributed by atoms with Crippen molar-refractivity contribution in [2.75, 3.05) is 19.8 Å². The molecule has 0 aromatic carbocycles. The molecule has 4 aliphatic rings. The number of likely N-dealkylation sites (tertiary alicyclic amines) is 1. The molecule has 3 heterocycles. The minimum atomic E-state index is -1.09. The van der Waals surface area contributed by atoms with Gasteiger partial charge in [0.05, 0.1) is 37.2 Å². The molecule has 8 heteroatoms. The SMILES string of the molecule is C=CCCOC(=O)[C@@H]1[C@H]2C(=O)N([C@@H](CO)C(C)C)C(C(=O)N(CC=C)C3CCCCC3)C23CC[C@H]1O3. The Morgan fingerprint density at radius 1 is 1.22 bits per heavy atom. The predicted octanol–water partition coefficient (Wildman–Crippen LogP) is 2.84. The van der Waals surface area contributed by atoms with E-state index in [9.17, 15) is 19.5 Å². The highest BCUT2D eigenvalue weighted by Gasteiger charge is 2.75. The minimum Gasteiger partial charge on any atom is -0.465 e. The Bertz CT molecular complexity index is 868. The molecule has 0 aromatic rings. The lowest BCUT2D eigenvalue weighted by atomic mass is 9.70. The van der Waals surface area contributed by atoms with Gasteiger partial charge in [0, 0.05) is 12.6 Å². The topological polar surface area (TPSA) is 96.4 Å². The number of ether oxygens (including phenoxy) is 2. The zero-order valence-corrected chi connectivity index (χ0v) is 21.8. The van der Waals surface area contributed by atoms with Crippen LogP contribution in [-0.4, -0.2) is 82.3 Å². The number of hydrogen-bond acceptors (Lipinski definition) is 6. The molecule has 6 atom stereocenters. The number of rotatable bonds is 11. The molecule has 4 rings (SSSR count). The number of amides is 2. The van der Waals surface area contributed by atoms with Crippen molar-refractivity contribution in [2.24, 2.45) is 17.8 Å². The largest absolute Gasteiger partial charge is 0.465 e. The average molecular weight is 503 g/mol. The van der Waals surface area contributed by atoms with E-state index >= 15 is 0 Å². The summed E-state index contributed by atoms with van der Waals surface area (Å²) >= 11 is 0. The van der Waals surface area contributed by atoms with E-state index in [1.54, 1.807) is 17.1 Å². The molecule has 2 amide bonds. The highest BCUT2D eigenvalue weighted by Crippen LogP contribution is 2.59. The second-order valence-electron chi connectivity index (χ2n) is 11.1. The maximum absolute atomic E-state index is 14.4. The molecule has 1 N–H and O–H groups in total. The van der Waals surface area contributed by atoms with Crippen molar-refractivity contribution in [1.29, 1.82) is 0 Å². The quantitative estimate of drug-likeness (QED) is 0.265. The molecule has 4 fully saturated rings. The van der Waals surface area contributed by atoms with Crippen LogP contribution >= 0.6 is 0 Å². The van der Waals surface area contributed by atoms with Crippen LogP contribution in [0.4, 0.5) is 0 Å². The maximum Gasteiger partial charge on any atom is 0.312 e. The number of aliphatic hydroxyl groups is 1. The number of carbonyl (C=O) groups excluding carboxylic acids is 3. The lowest BCUT2D eigenvalue weighted by Gasteiger charge is -2.43. The van der Waals surface area contributed by atoms with Gasteiger partial charge in [0.15, 0.2) is 0 Å². The van der Waals surface area contributed by atoms with E-state index in [1.807, 2.05) is 18.7 Å². The summed E-state index contributed by atoms with van der Waals surface area (Å²) < 4.78 is 12.0. The summed E-state index contributed by atoms with van der Waals surface area (Å²) in [6, 6.07) is -1.35. The maximum atomic E-state index is 14.4. The number of nitrogens with zero attached hydrogens (tertiary/aromatic N) is 2. The number of hydrogen-bond donors (Lipinski definition) is 1. The van der Waals surface area contributed by atoms with Crippen molar-refractivity contribution < 1.29 is 29.0 Å². The Hall–Kier alpha value is -2.19. The molecule has 1 saturated carbocycles. The van der Waals surface area contributed by atoms with Crippen LogP contribution in [0.1, 0.15) is 65.2 Å². The van der Waals surface area contributed by atoms with E-state index in [4.69, 9.17) is 9.47 Å². The van der Waals surface area contributed by atoms with E-state index < -0.39 is 41.6 Å². The van der Waals surface area contributed by atoms with Crippen LogP contribution < -0.4 is 0 Å². The fraction of sp³-hybridized carbons (Fsp3) is 0.750. The number of carbonyl (C=O) groups is 3. The van der Waals surface area contributed by atoms with Gasteiger partial charge in [0.1, 0.15) is 11.6 Å². The number of aliphatic hydroxyl groups excluding tert-OH is 1. The first-order valence-corrected chi connectivity index (χ1v) is 13.6. The lowest BCUT2D eigenvalue weighted by Crippen LogP contribution is -2.61. The summed E-state index contributed by atoms with van der Waals surface area (Å²) in [7, 11) is 0. The first-order chi connectivity index (χ1) is 17.3. The molecule has 200 valence electrons. The zero-order valence-electron chi connectivity index (χ0n) is 21.8. The third-order valence-corrected chi connectivity index (χ3v) is 8.75. The van der Waals surface area contributed by atoms with E-state index in [-0.39, 0.29) is 37.0 Å². The fourth-order valence-corrected chi connectivity index (χ4v) is 7.06. The molecule has 0 radical (unpaired) electrons. The molecule has 2 bridgehead atoms. The summed E-state index contributed by atoms with van der Waals surface area (Å²) in [4.78, 5) is 45.2. The molecule has 1 spiro atoms. The molecule has 0 aromatic heterocycles. The van der Waals surface area contributed by atoms with Crippen molar-refractivity contribution in [3.63, 3.8) is 0 Å². The third-order valence-electron chi connectivity index (χ3n) is 8.75. The van der Waals surface area contributed by atoms with Gasteiger partial charge >= 0.3 is 5.97 Å². The Morgan fingerprint density at radius 2 is 1.94 bits per heavy atom. The van der Waals surface area contributed by atoms with E-state index in [1.165, 1.54) is 0 Å². The standard InChI is InChI=1S/C28H42N2O6/c1-5-7-16-35-27(34)22-21-13-14-28(36-21)23(22)25(32)30(20(17-31)18(3)4)24(28)26(33)29(15-6-2)19-11-9-8-10-12-19/h5-6,18-24,31H,1-2,7-17H2,3-4H3/t20-,21+,22-,23-,24?,28?/m0/s1. The Labute approximate surface area is 214 Å². The van der Waals surface area contributed by atoms with Gasteiger partial charge in [-0.15, -0.1) is 13.2 Å². The van der Waals surface area contributed by atoms with Crippen LogP contribution in [0.15, 0.2) is 25.3 Å². The summed E-state index contributed by atoms with van der Waals surface area (Å²) in [5.74, 6) is -2.50. The molecular formula is C28H42N2O6. The van der Waals surface area contributed by atoms with Gasteiger partial charge in [-0.2, -0.15) is 0 Å². The van der Waals surface area contributed by atoms with Gasteiger partial charge in [0.25, 0.3) is 0 Å². The van der Waals surface area contributed by atoms with Crippen LogP contribution in [0, 0.1) is 17.8 Å². The average Bonchev–Trinajstić information content (AvgIpc) is 3.51. The lowest BCUT2D eigenvalue weighted by molar-refractivity contribution is -0.157. The van der Waals surface area contributed by atoms with Gasteiger partial charge in [-0.1, -0.05) is 45.3 Å². The normalized spacial score (nSPS) is 32.4. The first-order valence-electron chi connectivity index (χ1n) is 13.6. The predicted molar refractivity (Wildman–Crippen MR) is 135 cm³/mol. The van der Waals surface area contributed by atoms with Crippen molar-refractivity contribution >= 4 is 17.8 Å². The molecule has 3 saturated heterocycles. The Morgan fingerprint density at radius 3 is 2.56 bits per heavy atom. The van der Waals surface area contributed by atoms with Crippen LogP contribution in [0.2, 0.25) is 0 Å². The minimum absolute atomic E-state index is 0.0813. The Balaban J connectivity index is 1.73. The van der Waals surface area contributed by atoms with E-state index in [2.05, 4.69) is 13.2 Å². The smallest absolute Gasteiger partial charge is 0.312 e. The summed E-state index contributed by atoms with van der Waals surface area (Å²) in [6.45, 7) is 11.7. The summed E-state index contributed by atoms with van der Waals surface area (Å²) in [6.07, 6.45) is 9.76. The number of fused-ring (bicyclic) bond motifs is 1. The van der Waals surface area contributed by atoms with Gasteiger partial charge in [0.2, 0.25) is 11.8 Å². The molecule has 3 aliphatic heterocycles. The van der Waals surface area contributed by atoms with Crippen molar-refractivity contribution in [2.45, 2.75) is 95.0 Å². The fourth-order valence-electron chi connectivity index (χ4n) is 7.06. The third kappa shape index (κ3) is 4.40. The van der Waals surface area contributed by atoms with Gasteiger partial charge in [-0.25, -0.2) is 0 Å². The van der Waals surface area contributed by atoms with Crippen molar-refractivity contribution in [1.82, 2.24) is 9.80 Å². The van der Waals surface area contributed by atoms with Gasteiger partial charge in [-0.05, 0) is 38.0 Å². The van der Waals surface area contributed by atoms with E-state index in [0.29, 0.717) is 25.8 Å². The molecular weight excluding hydrogens is 460 g/mol. The van der Waals surface area contributed by atoms with Gasteiger partial charge in [-0.3, -0.25) is 14.4 Å². The monoisotopic (exact) mass is 502 g/mol. The van der Waals surface area contributed by atoms with Crippen LogP contribution in [0.5, 0.6) is 0 Å². The molecule has 1 aliphatic carbocycles. The van der Waals surface area contributed by atoms with Crippen molar-refractivity contribution in [3.05, 3.63) is 25.3 Å². The molecule has 2 unspecified atom stereocenters. The molecule has 36 heavy (non-hydrogen) atoms. The second kappa shape index (κ2) is 11.1.